The van der Waals surface area contributed by atoms with Crippen LogP contribution in [0, 0.1) is 0 Å². The van der Waals surface area contributed by atoms with Gasteiger partial charge in [-0.25, -0.2) is 0 Å². The van der Waals surface area contributed by atoms with Gasteiger partial charge in [-0.15, -0.1) is 6.58 Å². The highest BCUT2D eigenvalue weighted by atomic mass is 16.3. The minimum Gasteiger partial charge on any atom is -0.387 e. The molecule has 0 saturated heterocycles. The lowest BCUT2D eigenvalue weighted by Crippen LogP contribution is -2.30. The summed E-state index contributed by atoms with van der Waals surface area (Å²) in [6.45, 7) is 10.8. The maximum Gasteiger partial charge on any atom is 0.0957 e. The van der Waals surface area contributed by atoms with E-state index in [2.05, 4.69) is 30.3 Å². The van der Waals surface area contributed by atoms with Crippen LogP contribution < -0.4 is 4.90 Å². The Labute approximate surface area is 104 Å². The zero-order valence-corrected chi connectivity index (χ0v) is 10.9. The fourth-order valence-corrected chi connectivity index (χ4v) is 1.73. The van der Waals surface area contributed by atoms with Crippen molar-refractivity contribution in [2.45, 2.75) is 39.3 Å². The maximum absolute atomic E-state index is 9.68. The molecule has 0 fully saturated rings. The molecule has 1 aromatic rings. The van der Waals surface area contributed by atoms with Crippen molar-refractivity contribution in [1.82, 2.24) is 4.98 Å². The molecule has 1 atom stereocenters. The molecule has 0 bridgehead atoms. The van der Waals surface area contributed by atoms with Gasteiger partial charge in [-0.3, -0.25) is 4.98 Å². The molecule has 0 aliphatic carbocycles. The number of hydrogen-bond acceptors (Lipinski definition) is 3. The molecular formula is C14H22N2O. The Morgan fingerprint density at radius 1 is 1.47 bits per heavy atom. The standard InChI is InChI=1S/C14H22N2O/c1-5-9-16(11(3)4)12-7-8-13(15-10-12)14(17)6-2/h5,7-8,10-11,14,17H,1,6,9H2,2-4H3/t14-/m1/s1. The van der Waals surface area contributed by atoms with E-state index in [1.54, 1.807) is 0 Å². The molecule has 1 heterocycles. The van der Waals surface area contributed by atoms with E-state index in [0.29, 0.717) is 12.5 Å². The predicted octanol–water partition coefficient (Wildman–Crippen LogP) is 2.93. The molecule has 3 nitrogen and oxygen atoms in total. The number of nitrogens with zero attached hydrogens (tertiary/aromatic N) is 2. The SMILES string of the molecule is C=CCN(c1ccc([C@H](O)CC)nc1)C(C)C. The average Bonchev–Trinajstić information content (AvgIpc) is 2.35. The summed E-state index contributed by atoms with van der Waals surface area (Å²) in [4.78, 5) is 6.52. The molecule has 17 heavy (non-hydrogen) atoms. The van der Waals surface area contributed by atoms with Crippen molar-refractivity contribution in [3.8, 4) is 0 Å². The van der Waals surface area contributed by atoms with Crippen molar-refractivity contribution in [1.29, 1.82) is 0 Å². The van der Waals surface area contributed by atoms with Crippen LogP contribution in [-0.4, -0.2) is 22.7 Å². The quantitative estimate of drug-likeness (QED) is 0.769. The largest absolute Gasteiger partial charge is 0.387 e. The summed E-state index contributed by atoms with van der Waals surface area (Å²) >= 11 is 0. The molecule has 1 N–H and O–H groups in total. The Kier molecular flexibility index (Phi) is 5.16. The fourth-order valence-electron chi connectivity index (χ4n) is 1.73. The molecular weight excluding hydrogens is 212 g/mol. The van der Waals surface area contributed by atoms with Gasteiger partial charge in [0.2, 0.25) is 0 Å². The lowest BCUT2D eigenvalue weighted by Gasteiger charge is -2.27. The van der Waals surface area contributed by atoms with Crippen molar-refractivity contribution in [3.05, 3.63) is 36.7 Å². The first-order chi connectivity index (χ1) is 8.10. The van der Waals surface area contributed by atoms with Crippen LogP contribution in [0.5, 0.6) is 0 Å². The molecule has 0 radical (unpaired) electrons. The van der Waals surface area contributed by atoms with E-state index >= 15 is 0 Å². The van der Waals surface area contributed by atoms with E-state index < -0.39 is 6.10 Å². The van der Waals surface area contributed by atoms with Crippen LogP contribution in [0.25, 0.3) is 0 Å². The number of anilines is 1. The lowest BCUT2D eigenvalue weighted by molar-refractivity contribution is 0.169. The van der Waals surface area contributed by atoms with Crippen molar-refractivity contribution < 1.29 is 5.11 Å². The summed E-state index contributed by atoms with van der Waals surface area (Å²) in [5, 5.41) is 9.68. The molecule has 0 aliphatic heterocycles. The summed E-state index contributed by atoms with van der Waals surface area (Å²) in [7, 11) is 0. The fraction of sp³-hybridized carbons (Fsp3) is 0.500. The molecule has 94 valence electrons. The number of hydrogen-bond donors (Lipinski definition) is 1. The van der Waals surface area contributed by atoms with E-state index in [4.69, 9.17) is 0 Å². The Balaban J connectivity index is 2.87. The van der Waals surface area contributed by atoms with Crippen molar-refractivity contribution in [2.24, 2.45) is 0 Å². The van der Waals surface area contributed by atoms with Gasteiger partial charge in [0.1, 0.15) is 0 Å². The molecule has 3 heteroatoms. The first-order valence-electron chi connectivity index (χ1n) is 6.11. The Morgan fingerprint density at radius 3 is 2.59 bits per heavy atom. The third-order valence-corrected chi connectivity index (χ3v) is 2.78. The second kappa shape index (κ2) is 6.40. The van der Waals surface area contributed by atoms with E-state index in [0.717, 1.165) is 17.9 Å². The van der Waals surface area contributed by atoms with Gasteiger partial charge in [0.15, 0.2) is 0 Å². The Morgan fingerprint density at radius 2 is 2.18 bits per heavy atom. The van der Waals surface area contributed by atoms with Gasteiger partial charge in [0.05, 0.1) is 23.7 Å². The Bertz CT molecular complexity index is 346. The minimum atomic E-state index is -0.462. The maximum atomic E-state index is 9.68. The Hall–Kier alpha value is -1.35. The number of rotatable bonds is 6. The smallest absolute Gasteiger partial charge is 0.0957 e. The summed E-state index contributed by atoms with van der Waals surface area (Å²) in [6.07, 6.45) is 3.93. The van der Waals surface area contributed by atoms with Crippen molar-refractivity contribution >= 4 is 5.69 Å². The molecule has 1 rings (SSSR count). The predicted molar refractivity (Wildman–Crippen MR) is 72.2 cm³/mol. The van der Waals surface area contributed by atoms with E-state index in [-0.39, 0.29) is 0 Å². The van der Waals surface area contributed by atoms with Crippen LogP contribution in [0.2, 0.25) is 0 Å². The number of aliphatic hydroxyl groups excluding tert-OH is 1. The van der Waals surface area contributed by atoms with Crippen LogP contribution in [0.4, 0.5) is 5.69 Å². The third-order valence-electron chi connectivity index (χ3n) is 2.78. The summed E-state index contributed by atoms with van der Waals surface area (Å²) < 4.78 is 0. The van der Waals surface area contributed by atoms with Crippen LogP contribution in [0.3, 0.4) is 0 Å². The first kappa shape index (κ1) is 13.7. The van der Waals surface area contributed by atoms with Gasteiger partial charge < -0.3 is 10.0 Å². The van der Waals surface area contributed by atoms with Gasteiger partial charge in [0.25, 0.3) is 0 Å². The zero-order valence-electron chi connectivity index (χ0n) is 10.9. The van der Waals surface area contributed by atoms with Crippen LogP contribution in [0.1, 0.15) is 39.0 Å². The monoisotopic (exact) mass is 234 g/mol. The molecule has 0 amide bonds. The van der Waals surface area contributed by atoms with E-state index in [1.165, 1.54) is 0 Å². The van der Waals surface area contributed by atoms with Crippen LogP contribution >= 0.6 is 0 Å². The van der Waals surface area contributed by atoms with Gasteiger partial charge in [0, 0.05) is 12.6 Å². The third kappa shape index (κ3) is 3.56. The number of aromatic nitrogens is 1. The highest BCUT2D eigenvalue weighted by Crippen LogP contribution is 2.19. The first-order valence-corrected chi connectivity index (χ1v) is 6.11. The van der Waals surface area contributed by atoms with Gasteiger partial charge in [-0.1, -0.05) is 13.0 Å². The zero-order chi connectivity index (χ0) is 12.8. The normalized spacial score (nSPS) is 12.5. The lowest BCUT2D eigenvalue weighted by atomic mass is 10.1. The highest BCUT2D eigenvalue weighted by Gasteiger charge is 2.11. The van der Waals surface area contributed by atoms with Gasteiger partial charge in [-0.05, 0) is 32.4 Å². The molecule has 1 aromatic heterocycles. The van der Waals surface area contributed by atoms with Crippen molar-refractivity contribution in [2.75, 3.05) is 11.4 Å². The topological polar surface area (TPSA) is 36.4 Å². The highest BCUT2D eigenvalue weighted by molar-refractivity contribution is 5.46. The van der Waals surface area contributed by atoms with Crippen LogP contribution in [-0.2, 0) is 0 Å². The summed E-state index contributed by atoms with van der Waals surface area (Å²) in [5.41, 5.74) is 1.80. The number of pyridine rings is 1. The van der Waals surface area contributed by atoms with Crippen molar-refractivity contribution in [3.63, 3.8) is 0 Å². The molecule has 0 unspecified atom stereocenters. The van der Waals surface area contributed by atoms with E-state index in [1.807, 2.05) is 31.3 Å². The van der Waals surface area contributed by atoms with E-state index in [9.17, 15) is 5.11 Å². The molecule has 0 aromatic carbocycles. The molecule has 0 aliphatic rings. The molecule has 0 saturated carbocycles. The number of aliphatic hydroxyl groups is 1. The average molecular weight is 234 g/mol. The second-order valence-electron chi connectivity index (χ2n) is 4.40. The van der Waals surface area contributed by atoms with Gasteiger partial charge >= 0.3 is 0 Å². The molecule has 0 spiro atoms. The summed E-state index contributed by atoms with van der Waals surface area (Å²) in [5.74, 6) is 0. The second-order valence-corrected chi connectivity index (χ2v) is 4.40. The van der Waals surface area contributed by atoms with Gasteiger partial charge in [-0.2, -0.15) is 0 Å². The summed E-state index contributed by atoms with van der Waals surface area (Å²) in [6, 6.07) is 4.30. The van der Waals surface area contributed by atoms with Crippen LogP contribution in [0.15, 0.2) is 31.0 Å². The minimum absolute atomic E-state index is 0.400.